The van der Waals surface area contributed by atoms with Crippen LogP contribution in [0, 0.1) is 11.3 Å². The molecule has 0 aliphatic carbocycles. The van der Waals surface area contributed by atoms with Crippen molar-refractivity contribution >= 4 is 29.1 Å². The van der Waals surface area contributed by atoms with E-state index in [0.717, 1.165) is 19.4 Å². The average molecular weight is 329 g/mol. The number of nitrogens with zero attached hydrogens (tertiary/aromatic N) is 2. The largest absolute Gasteiger partial charge is 0.337 e. The highest BCUT2D eigenvalue weighted by atomic mass is 35.5. The number of carbonyl (C=O) groups is 1. The van der Waals surface area contributed by atoms with Crippen LogP contribution < -0.4 is 0 Å². The SMILES string of the molecule is CC(C)(C)C1CCC(=O)N(Cc2nc(Cl)ccc2Cl)CC1. The maximum Gasteiger partial charge on any atom is 0.222 e. The van der Waals surface area contributed by atoms with Gasteiger partial charge in [-0.2, -0.15) is 0 Å². The highest BCUT2D eigenvalue weighted by Crippen LogP contribution is 2.35. The van der Waals surface area contributed by atoms with Crippen LogP contribution >= 0.6 is 23.2 Å². The molecule has 21 heavy (non-hydrogen) atoms. The van der Waals surface area contributed by atoms with Crippen LogP contribution in [0.15, 0.2) is 12.1 Å². The molecule has 0 N–H and O–H groups in total. The molecule has 0 radical (unpaired) electrons. The Bertz CT molecular complexity index is 525. The fraction of sp³-hybridized carbons (Fsp3) is 0.625. The molecule has 1 saturated heterocycles. The number of carbonyl (C=O) groups excluding carboxylic acids is 1. The quantitative estimate of drug-likeness (QED) is 0.745. The molecule has 3 nitrogen and oxygen atoms in total. The van der Waals surface area contributed by atoms with Gasteiger partial charge in [0.05, 0.1) is 17.3 Å². The minimum Gasteiger partial charge on any atom is -0.337 e. The zero-order chi connectivity index (χ0) is 15.6. The fourth-order valence-electron chi connectivity index (χ4n) is 2.82. The summed E-state index contributed by atoms with van der Waals surface area (Å²) < 4.78 is 0. The van der Waals surface area contributed by atoms with E-state index in [4.69, 9.17) is 23.2 Å². The molecule has 1 aromatic rings. The van der Waals surface area contributed by atoms with Crippen LogP contribution in [-0.4, -0.2) is 22.3 Å². The Labute approximate surface area is 136 Å². The highest BCUT2D eigenvalue weighted by Gasteiger charge is 2.30. The van der Waals surface area contributed by atoms with Crippen LogP contribution in [0.25, 0.3) is 0 Å². The number of halogens is 2. The van der Waals surface area contributed by atoms with Crippen LogP contribution in [-0.2, 0) is 11.3 Å². The van der Waals surface area contributed by atoms with Crippen molar-refractivity contribution in [1.29, 1.82) is 0 Å². The molecule has 0 saturated carbocycles. The Hall–Kier alpha value is -0.800. The van der Waals surface area contributed by atoms with Crippen molar-refractivity contribution in [3.05, 3.63) is 28.0 Å². The summed E-state index contributed by atoms with van der Waals surface area (Å²) in [7, 11) is 0. The molecule has 2 heterocycles. The fourth-order valence-corrected chi connectivity index (χ4v) is 3.15. The van der Waals surface area contributed by atoms with Crippen molar-refractivity contribution in [3.8, 4) is 0 Å². The van der Waals surface area contributed by atoms with Gasteiger partial charge in [0.2, 0.25) is 5.91 Å². The van der Waals surface area contributed by atoms with E-state index in [2.05, 4.69) is 25.8 Å². The van der Waals surface area contributed by atoms with E-state index in [1.807, 2.05) is 4.90 Å². The standard InChI is InChI=1S/C16H22Cl2N2O/c1-16(2,3)11-4-7-15(21)20(9-8-11)10-13-12(17)5-6-14(18)19-13/h5-6,11H,4,7-10H2,1-3H3. The third-order valence-electron chi connectivity index (χ3n) is 4.26. The van der Waals surface area contributed by atoms with Crippen molar-refractivity contribution in [2.45, 2.75) is 46.6 Å². The molecule has 0 bridgehead atoms. The lowest BCUT2D eigenvalue weighted by Crippen LogP contribution is -2.30. The van der Waals surface area contributed by atoms with Gasteiger partial charge in [-0.25, -0.2) is 4.98 Å². The van der Waals surface area contributed by atoms with Gasteiger partial charge in [0.1, 0.15) is 5.15 Å². The van der Waals surface area contributed by atoms with Crippen LogP contribution in [0.3, 0.4) is 0 Å². The lowest BCUT2D eigenvalue weighted by Gasteiger charge is -2.29. The topological polar surface area (TPSA) is 33.2 Å². The molecule has 0 aromatic carbocycles. The second kappa shape index (κ2) is 6.53. The first kappa shape index (κ1) is 16.6. The smallest absolute Gasteiger partial charge is 0.222 e. The third kappa shape index (κ3) is 4.33. The summed E-state index contributed by atoms with van der Waals surface area (Å²) in [5, 5.41) is 0.966. The molecular formula is C16H22Cl2N2O. The number of hydrogen-bond acceptors (Lipinski definition) is 2. The first-order valence-corrected chi connectivity index (χ1v) is 8.11. The molecule has 1 aromatic heterocycles. The molecule has 2 rings (SSSR count). The molecule has 5 heteroatoms. The summed E-state index contributed by atoms with van der Waals surface area (Å²) in [5.74, 6) is 0.744. The maximum atomic E-state index is 12.3. The number of pyridine rings is 1. The molecule has 116 valence electrons. The van der Waals surface area contributed by atoms with E-state index < -0.39 is 0 Å². The lowest BCUT2D eigenvalue weighted by molar-refractivity contribution is -0.131. The van der Waals surface area contributed by atoms with E-state index >= 15 is 0 Å². The summed E-state index contributed by atoms with van der Waals surface area (Å²) in [5.41, 5.74) is 0.911. The lowest BCUT2D eigenvalue weighted by atomic mass is 9.77. The first-order chi connectivity index (χ1) is 9.77. The van der Waals surface area contributed by atoms with Gasteiger partial charge in [-0.05, 0) is 36.3 Å². The van der Waals surface area contributed by atoms with E-state index in [9.17, 15) is 4.79 Å². The predicted molar refractivity (Wildman–Crippen MR) is 86.5 cm³/mol. The Balaban J connectivity index is 2.10. The Morgan fingerprint density at radius 3 is 2.67 bits per heavy atom. The van der Waals surface area contributed by atoms with Crippen molar-refractivity contribution in [1.82, 2.24) is 9.88 Å². The van der Waals surface area contributed by atoms with Gasteiger partial charge in [-0.3, -0.25) is 4.79 Å². The van der Waals surface area contributed by atoms with Gasteiger partial charge in [-0.1, -0.05) is 44.0 Å². The summed E-state index contributed by atoms with van der Waals surface area (Å²) in [6.07, 6.45) is 2.57. The van der Waals surface area contributed by atoms with E-state index in [1.54, 1.807) is 12.1 Å². The van der Waals surface area contributed by atoms with Crippen molar-refractivity contribution in [3.63, 3.8) is 0 Å². The van der Waals surface area contributed by atoms with Gasteiger partial charge in [0.15, 0.2) is 0 Å². The zero-order valence-corrected chi connectivity index (χ0v) is 14.3. The number of likely N-dealkylation sites (tertiary alicyclic amines) is 1. The molecule has 0 spiro atoms. The number of aromatic nitrogens is 1. The van der Waals surface area contributed by atoms with Gasteiger partial charge in [0, 0.05) is 13.0 Å². The van der Waals surface area contributed by atoms with Crippen LogP contribution in [0.1, 0.15) is 45.7 Å². The molecule has 1 amide bonds. The van der Waals surface area contributed by atoms with Crippen molar-refractivity contribution in [2.24, 2.45) is 11.3 Å². The van der Waals surface area contributed by atoms with Gasteiger partial charge in [0.25, 0.3) is 0 Å². The summed E-state index contributed by atoms with van der Waals surface area (Å²) in [6, 6.07) is 3.39. The van der Waals surface area contributed by atoms with E-state index in [1.165, 1.54) is 0 Å². The summed E-state index contributed by atoms with van der Waals surface area (Å²) >= 11 is 12.1. The number of rotatable bonds is 2. The summed E-state index contributed by atoms with van der Waals surface area (Å²) in [4.78, 5) is 18.4. The minimum absolute atomic E-state index is 0.180. The van der Waals surface area contributed by atoms with Crippen LogP contribution in [0.5, 0.6) is 0 Å². The third-order valence-corrected chi connectivity index (χ3v) is 4.81. The molecular weight excluding hydrogens is 307 g/mol. The number of hydrogen-bond donors (Lipinski definition) is 0. The second-order valence-corrected chi connectivity index (χ2v) is 7.56. The van der Waals surface area contributed by atoms with E-state index in [-0.39, 0.29) is 11.3 Å². The number of amides is 1. The van der Waals surface area contributed by atoms with Gasteiger partial charge < -0.3 is 4.90 Å². The predicted octanol–water partition coefficient (Wildman–Crippen LogP) is 4.56. The van der Waals surface area contributed by atoms with Gasteiger partial charge >= 0.3 is 0 Å². The second-order valence-electron chi connectivity index (χ2n) is 6.77. The summed E-state index contributed by atoms with van der Waals surface area (Å²) in [6.45, 7) is 7.92. The molecule has 1 fully saturated rings. The van der Waals surface area contributed by atoms with Crippen LogP contribution in [0.2, 0.25) is 10.2 Å². The Morgan fingerprint density at radius 1 is 1.29 bits per heavy atom. The highest BCUT2D eigenvalue weighted by molar-refractivity contribution is 6.32. The molecule has 1 aliphatic rings. The first-order valence-electron chi connectivity index (χ1n) is 7.36. The molecule has 1 aliphatic heterocycles. The monoisotopic (exact) mass is 328 g/mol. The van der Waals surface area contributed by atoms with Crippen molar-refractivity contribution in [2.75, 3.05) is 6.54 Å². The average Bonchev–Trinajstić information content (AvgIpc) is 2.56. The minimum atomic E-state index is 0.180. The Kier molecular flexibility index (Phi) is 5.15. The normalized spacial score (nSPS) is 20.5. The Morgan fingerprint density at radius 2 is 2.00 bits per heavy atom. The molecule has 1 atom stereocenters. The van der Waals surface area contributed by atoms with Crippen molar-refractivity contribution < 1.29 is 4.79 Å². The van der Waals surface area contributed by atoms with Gasteiger partial charge in [-0.15, -0.1) is 0 Å². The maximum absolute atomic E-state index is 12.3. The van der Waals surface area contributed by atoms with E-state index in [0.29, 0.717) is 34.8 Å². The molecule has 1 unspecified atom stereocenters. The zero-order valence-electron chi connectivity index (χ0n) is 12.8. The van der Waals surface area contributed by atoms with Crippen LogP contribution in [0.4, 0.5) is 0 Å².